The Bertz CT molecular complexity index is 377. The van der Waals surface area contributed by atoms with Crippen molar-refractivity contribution < 1.29 is 4.79 Å². The predicted molar refractivity (Wildman–Crippen MR) is 74.8 cm³/mol. The Hall–Kier alpha value is -1.58. The number of hydrogen-bond donors (Lipinski definition) is 2. The summed E-state index contributed by atoms with van der Waals surface area (Å²) < 4.78 is 0. The van der Waals surface area contributed by atoms with Crippen LogP contribution in [0.25, 0.3) is 0 Å². The van der Waals surface area contributed by atoms with Crippen molar-refractivity contribution in [3.05, 3.63) is 24.0 Å². The summed E-state index contributed by atoms with van der Waals surface area (Å²) >= 11 is 0. The van der Waals surface area contributed by atoms with E-state index in [9.17, 15) is 4.79 Å². The lowest BCUT2D eigenvalue weighted by Gasteiger charge is -2.08. The molecule has 0 aromatic carbocycles. The van der Waals surface area contributed by atoms with Crippen LogP contribution in [0.2, 0.25) is 0 Å². The van der Waals surface area contributed by atoms with Gasteiger partial charge in [-0.1, -0.05) is 20.8 Å². The van der Waals surface area contributed by atoms with Gasteiger partial charge in [0.25, 0.3) is 5.91 Å². The molecule has 0 saturated heterocycles. The molecule has 0 atom stereocenters. The van der Waals surface area contributed by atoms with Crippen LogP contribution in [0, 0.1) is 5.92 Å². The van der Waals surface area contributed by atoms with Crippen LogP contribution in [0.5, 0.6) is 0 Å². The number of nitrogens with zero attached hydrogens (tertiary/aromatic N) is 1. The average molecular weight is 249 g/mol. The Morgan fingerprint density at radius 3 is 2.78 bits per heavy atom. The molecule has 0 fully saturated rings. The molecule has 0 aliphatic carbocycles. The number of amides is 1. The summed E-state index contributed by atoms with van der Waals surface area (Å²) in [5.74, 6) is 0.546. The minimum absolute atomic E-state index is 0.0525. The first kappa shape index (κ1) is 14.5. The third-order valence-corrected chi connectivity index (χ3v) is 2.59. The van der Waals surface area contributed by atoms with E-state index in [0.29, 0.717) is 18.0 Å². The fraction of sp³-hybridized carbons (Fsp3) is 0.571. The number of hydrogen-bond acceptors (Lipinski definition) is 3. The van der Waals surface area contributed by atoms with Gasteiger partial charge >= 0.3 is 0 Å². The van der Waals surface area contributed by atoms with Crippen LogP contribution in [0.3, 0.4) is 0 Å². The molecule has 4 nitrogen and oxygen atoms in total. The number of anilines is 1. The maximum Gasteiger partial charge on any atom is 0.252 e. The zero-order chi connectivity index (χ0) is 13.4. The predicted octanol–water partition coefficient (Wildman–Crippen LogP) is 2.68. The molecule has 100 valence electrons. The second-order valence-electron chi connectivity index (χ2n) is 4.83. The summed E-state index contributed by atoms with van der Waals surface area (Å²) in [5.41, 5.74) is 1.51. The van der Waals surface area contributed by atoms with Gasteiger partial charge in [-0.25, -0.2) is 0 Å². The molecule has 4 heteroatoms. The van der Waals surface area contributed by atoms with Crippen molar-refractivity contribution in [3.8, 4) is 0 Å². The van der Waals surface area contributed by atoms with Crippen LogP contribution >= 0.6 is 0 Å². The number of rotatable bonds is 7. The monoisotopic (exact) mass is 249 g/mol. The SMILES string of the molecule is CCCNc1cncc(C(=O)NCCC(C)C)c1. The van der Waals surface area contributed by atoms with Gasteiger partial charge in [-0.2, -0.15) is 0 Å². The highest BCUT2D eigenvalue weighted by molar-refractivity contribution is 5.94. The van der Waals surface area contributed by atoms with Gasteiger partial charge in [0.05, 0.1) is 11.3 Å². The van der Waals surface area contributed by atoms with E-state index in [1.165, 1.54) is 0 Å². The summed E-state index contributed by atoms with van der Waals surface area (Å²) in [4.78, 5) is 16.0. The molecule has 0 radical (unpaired) electrons. The topological polar surface area (TPSA) is 54.0 Å². The van der Waals surface area contributed by atoms with Crippen LogP contribution in [0.4, 0.5) is 5.69 Å². The number of carbonyl (C=O) groups is 1. The lowest BCUT2D eigenvalue weighted by molar-refractivity contribution is 0.0951. The standard InChI is InChI=1S/C14H23N3O/c1-4-6-16-13-8-12(9-15-10-13)14(18)17-7-5-11(2)3/h8-11,16H,4-7H2,1-3H3,(H,17,18). The summed E-state index contributed by atoms with van der Waals surface area (Å²) in [6.45, 7) is 7.98. The Kier molecular flexibility index (Phi) is 6.19. The molecule has 0 unspecified atom stereocenters. The second-order valence-corrected chi connectivity index (χ2v) is 4.83. The first-order valence-electron chi connectivity index (χ1n) is 6.60. The molecule has 1 rings (SSSR count). The molecular weight excluding hydrogens is 226 g/mol. The van der Waals surface area contributed by atoms with Gasteiger partial charge in [0.2, 0.25) is 0 Å². The maximum absolute atomic E-state index is 11.9. The van der Waals surface area contributed by atoms with Crippen LogP contribution in [-0.4, -0.2) is 24.0 Å². The smallest absolute Gasteiger partial charge is 0.252 e. The van der Waals surface area contributed by atoms with Gasteiger partial charge in [-0.05, 0) is 24.8 Å². The second kappa shape index (κ2) is 7.69. The van der Waals surface area contributed by atoms with Crippen LogP contribution in [0.15, 0.2) is 18.5 Å². The highest BCUT2D eigenvalue weighted by atomic mass is 16.1. The molecule has 18 heavy (non-hydrogen) atoms. The van der Waals surface area contributed by atoms with Crippen LogP contribution in [0.1, 0.15) is 44.0 Å². The van der Waals surface area contributed by atoms with E-state index < -0.39 is 0 Å². The number of pyridine rings is 1. The first-order chi connectivity index (χ1) is 8.63. The molecule has 0 spiro atoms. The molecule has 0 aliphatic rings. The quantitative estimate of drug-likeness (QED) is 0.781. The van der Waals surface area contributed by atoms with E-state index in [0.717, 1.165) is 25.1 Å². The van der Waals surface area contributed by atoms with Gasteiger partial charge in [0, 0.05) is 25.5 Å². The van der Waals surface area contributed by atoms with E-state index in [2.05, 4.69) is 36.4 Å². The number of aromatic nitrogens is 1. The highest BCUT2D eigenvalue weighted by Gasteiger charge is 2.06. The summed E-state index contributed by atoms with van der Waals surface area (Å²) in [5, 5.41) is 6.13. The zero-order valence-corrected chi connectivity index (χ0v) is 11.5. The molecule has 1 amide bonds. The van der Waals surface area contributed by atoms with Crippen LogP contribution < -0.4 is 10.6 Å². The van der Waals surface area contributed by atoms with E-state index in [1.807, 2.05) is 6.07 Å². The Morgan fingerprint density at radius 2 is 2.11 bits per heavy atom. The fourth-order valence-corrected chi connectivity index (χ4v) is 1.51. The molecule has 0 bridgehead atoms. The van der Waals surface area contributed by atoms with E-state index >= 15 is 0 Å². The molecule has 0 aliphatic heterocycles. The third-order valence-electron chi connectivity index (χ3n) is 2.59. The Balaban J connectivity index is 2.51. The van der Waals surface area contributed by atoms with Crippen molar-refractivity contribution in [3.63, 3.8) is 0 Å². The number of nitrogens with one attached hydrogen (secondary N) is 2. The van der Waals surface area contributed by atoms with Crippen LogP contribution in [-0.2, 0) is 0 Å². The van der Waals surface area contributed by atoms with Gasteiger partial charge < -0.3 is 10.6 Å². The fourth-order valence-electron chi connectivity index (χ4n) is 1.51. The van der Waals surface area contributed by atoms with Crippen molar-refractivity contribution in [2.75, 3.05) is 18.4 Å². The molecule has 1 aromatic heterocycles. The maximum atomic E-state index is 11.9. The molecule has 1 aromatic rings. The van der Waals surface area contributed by atoms with Crippen molar-refractivity contribution in [2.45, 2.75) is 33.6 Å². The number of carbonyl (C=O) groups excluding carboxylic acids is 1. The van der Waals surface area contributed by atoms with Crippen molar-refractivity contribution in [2.24, 2.45) is 5.92 Å². The third kappa shape index (κ3) is 5.17. The Labute approximate surface area is 109 Å². The van der Waals surface area contributed by atoms with Gasteiger partial charge in [0.15, 0.2) is 0 Å². The summed E-state index contributed by atoms with van der Waals surface area (Å²) in [6.07, 6.45) is 5.38. The lowest BCUT2D eigenvalue weighted by atomic mass is 10.1. The highest BCUT2D eigenvalue weighted by Crippen LogP contribution is 2.08. The van der Waals surface area contributed by atoms with Crippen molar-refractivity contribution >= 4 is 11.6 Å². The molecule has 2 N–H and O–H groups in total. The summed E-state index contributed by atoms with van der Waals surface area (Å²) in [7, 11) is 0. The van der Waals surface area contributed by atoms with Gasteiger partial charge in [0.1, 0.15) is 0 Å². The molecule has 1 heterocycles. The Morgan fingerprint density at radius 1 is 1.33 bits per heavy atom. The van der Waals surface area contributed by atoms with Gasteiger partial charge in [-0.3, -0.25) is 9.78 Å². The minimum Gasteiger partial charge on any atom is -0.384 e. The minimum atomic E-state index is -0.0525. The molecular formula is C14H23N3O. The lowest BCUT2D eigenvalue weighted by Crippen LogP contribution is -2.25. The normalized spacial score (nSPS) is 10.4. The average Bonchev–Trinajstić information content (AvgIpc) is 2.36. The summed E-state index contributed by atoms with van der Waals surface area (Å²) in [6, 6.07) is 1.84. The first-order valence-corrected chi connectivity index (χ1v) is 6.60. The van der Waals surface area contributed by atoms with E-state index in [4.69, 9.17) is 0 Å². The largest absolute Gasteiger partial charge is 0.384 e. The molecule has 0 saturated carbocycles. The zero-order valence-electron chi connectivity index (χ0n) is 11.5. The van der Waals surface area contributed by atoms with E-state index in [-0.39, 0.29) is 5.91 Å². The van der Waals surface area contributed by atoms with Crippen molar-refractivity contribution in [1.29, 1.82) is 0 Å². The van der Waals surface area contributed by atoms with Gasteiger partial charge in [-0.15, -0.1) is 0 Å². The van der Waals surface area contributed by atoms with E-state index in [1.54, 1.807) is 12.4 Å². The van der Waals surface area contributed by atoms with Crippen molar-refractivity contribution in [1.82, 2.24) is 10.3 Å².